The molecule has 94 valence electrons. The SMILES string of the molecule is CS(=O)(=O)C1CCCC1Nc1cccc(Cl)c1. The normalized spacial score (nSPS) is 24.8. The summed E-state index contributed by atoms with van der Waals surface area (Å²) in [6.45, 7) is 0. The highest BCUT2D eigenvalue weighted by Crippen LogP contribution is 2.28. The summed E-state index contributed by atoms with van der Waals surface area (Å²) in [6, 6.07) is 7.39. The van der Waals surface area contributed by atoms with Crippen LogP contribution >= 0.6 is 11.6 Å². The monoisotopic (exact) mass is 273 g/mol. The zero-order valence-electron chi connectivity index (χ0n) is 9.69. The third kappa shape index (κ3) is 3.13. The Kier molecular flexibility index (Phi) is 3.64. The Bertz CT molecular complexity index is 501. The molecular weight excluding hydrogens is 258 g/mol. The highest BCUT2D eigenvalue weighted by atomic mass is 35.5. The first-order valence-corrected chi connectivity index (χ1v) is 8.01. The maximum absolute atomic E-state index is 11.6. The molecule has 3 nitrogen and oxygen atoms in total. The Hall–Kier alpha value is -0.740. The second kappa shape index (κ2) is 4.86. The Labute approximate surface area is 107 Å². The summed E-state index contributed by atoms with van der Waals surface area (Å²) >= 11 is 5.90. The van der Waals surface area contributed by atoms with E-state index in [9.17, 15) is 8.42 Å². The lowest BCUT2D eigenvalue weighted by Gasteiger charge is -2.20. The average molecular weight is 274 g/mol. The van der Waals surface area contributed by atoms with Crippen molar-refractivity contribution in [2.24, 2.45) is 0 Å². The molecule has 1 fully saturated rings. The number of halogens is 1. The Balaban J connectivity index is 2.13. The minimum atomic E-state index is -2.98. The third-order valence-corrected chi connectivity index (χ3v) is 5.08. The minimum absolute atomic E-state index is 0.00321. The van der Waals surface area contributed by atoms with E-state index in [0.29, 0.717) is 5.02 Å². The summed E-state index contributed by atoms with van der Waals surface area (Å²) in [7, 11) is -2.98. The van der Waals surface area contributed by atoms with Crippen molar-refractivity contribution in [2.45, 2.75) is 30.6 Å². The standard InChI is InChI=1S/C12H16ClNO2S/c1-17(15,16)12-7-3-6-11(12)14-10-5-2-4-9(13)8-10/h2,4-5,8,11-12,14H,3,6-7H2,1H3. The maximum Gasteiger partial charge on any atom is 0.152 e. The van der Waals surface area contributed by atoms with Crippen LogP contribution in [0.3, 0.4) is 0 Å². The molecule has 2 rings (SSSR count). The van der Waals surface area contributed by atoms with Crippen LogP contribution in [-0.2, 0) is 9.84 Å². The number of rotatable bonds is 3. The summed E-state index contributed by atoms with van der Waals surface area (Å²) in [4.78, 5) is 0. The van der Waals surface area contributed by atoms with Crippen LogP contribution in [0, 0.1) is 0 Å². The molecule has 1 saturated carbocycles. The number of benzene rings is 1. The van der Waals surface area contributed by atoms with Gasteiger partial charge in [-0.15, -0.1) is 0 Å². The van der Waals surface area contributed by atoms with Gasteiger partial charge in [-0.05, 0) is 37.5 Å². The third-order valence-electron chi connectivity index (χ3n) is 3.18. The zero-order valence-corrected chi connectivity index (χ0v) is 11.3. The number of hydrogen-bond acceptors (Lipinski definition) is 3. The van der Waals surface area contributed by atoms with Crippen molar-refractivity contribution in [3.63, 3.8) is 0 Å². The molecule has 1 aliphatic carbocycles. The van der Waals surface area contributed by atoms with Crippen LogP contribution < -0.4 is 5.32 Å². The van der Waals surface area contributed by atoms with Gasteiger partial charge < -0.3 is 5.32 Å². The first kappa shape index (κ1) is 12.7. The van der Waals surface area contributed by atoms with E-state index in [-0.39, 0.29) is 11.3 Å². The van der Waals surface area contributed by atoms with Crippen molar-refractivity contribution >= 4 is 27.1 Å². The molecule has 0 spiro atoms. The summed E-state index contributed by atoms with van der Waals surface area (Å²) in [5, 5.41) is 3.65. The smallest absolute Gasteiger partial charge is 0.152 e. The number of anilines is 1. The molecule has 1 aromatic rings. The first-order chi connectivity index (χ1) is 7.97. The lowest BCUT2D eigenvalue weighted by atomic mass is 10.2. The molecule has 2 atom stereocenters. The zero-order chi connectivity index (χ0) is 12.5. The van der Waals surface area contributed by atoms with Gasteiger partial charge in [0.15, 0.2) is 9.84 Å². The fourth-order valence-corrected chi connectivity index (χ4v) is 3.98. The maximum atomic E-state index is 11.6. The van der Waals surface area contributed by atoms with Gasteiger partial charge in [-0.1, -0.05) is 17.7 Å². The van der Waals surface area contributed by atoms with E-state index in [4.69, 9.17) is 11.6 Å². The summed E-state index contributed by atoms with van der Waals surface area (Å²) in [6.07, 6.45) is 3.91. The van der Waals surface area contributed by atoms with Gasteiger partial charge in [0.2, 0.25) is 0 Å². The van der Waals surface area contributed by atoms with Crippen molar-refractivity contribution < 1.29 is 8.42 Å². The fraction of sp³-hybridized carbons (Fsp3) is 0.500. The number of hydrogen-bond donors (Lipinski definition) is 1. The second-order valence-corrected chi connectivity index (χ2v) is 7.26. The molecule has 0 amide bonds. The van der Waals surface area contributed by atoms with Crippen LogP contribution in [0.15, 0.2) is 24.3 Å². The molecular formula is C12H16ClNO2S. The van der Waals surface area contributed by atoms with Gasteiger partial charge in [0.1, 0.15) is 0 Å². The van der Waals surface area contributed by atoms with Crippen LogP contribution in [-0.4, -0.2) is 26.0 Å². The van der Waals surface area contributed by atoms with Gasteiger partial charge in [0.05, 0.1) is 5.25 Å². The van der Waals surface area contributed by atoms with E-state index >= 15 is 0 Å². The van der Waals surface area contributed by atoms with Crippen molar-refractivity contribution in [3.8, 4) is 0 Å². The molecule has 0 heterocycles. The van der Waals surface area contributed by atoms with E-state index in [0.717, 1.165) is 24.9 Å². The van der Waals surface area contributed by atoms with E-state index in [1.54, 1.807) is 6.07 Å². The van der Waals surface area contributed by atoms with Gasteiger partial charge >= 0.3 is 0 Å². The highest BCUT2D eigenvalue weighted by molar-refractivity contribution is 7.91. The number of sulfone groups is 1. The molecule has 0 bridgehead atoms. The number of nitrogens with one attached hydrogen (secondary N) is 1. The molecule has 17 heavy (non-hydrogen) atoms. The molecule has 0 aliphatic heterocycles. The summed E-state index contributed by atoms with van der Waals surface area (Å²) < 4.78 is 23.3. The molecule has 2 unspecified atom stereocenters. The van der Waals surface area contributed by atoms with Crippen molar-refractivity contribution in [2.75, 3.05) is 11.6 Å². The Morgan fingerprint density at radius 2 is 2.12 bits per heavy atom. The van der Waals surface area contributed by atoms with Crippen LogP contribution in [0.2, 0.25) is 5.02 Å². The summed E-state index contributed by atoms with van der Waals surface area (Å²) in [5.74, 6) is 0. The molecule has 0 saturated heterocycles. The molecule has 5 heteroatoms. The molecule has 1 aliphatic rings. The van der Waals surface area contributed by atoms with Crippen LogP contribution in [0.4, 0.5) is 5.69 Å². The minimum Gasteiger partial charge on any atom is -0.381 e. The Morgan fingerprint density at radius 1 is 1.35 bits per heavy atom. The highest BCUT2D eigenvalue weighted by Gasteiger charge is 2.34. The topological polar surface area (TPSA) is 46.2 Å². The lowest BCUT2D eigenvalue weighted by molar-refractivity contribution is 0.579. The van der Waals surface area contributed by atoms with E-state index < -0.39 is 9.84 Å². The predicted octanol–water partition coefficient (Wildman–Crippen LogP) is 2.72. The van der Waals surface area contributed by atoms with Crippen LogP contribution in [0.25, 0.3) is 0 Å². The van der Waals surface area contributed by atoms with E-state index in [1.165, 1.54) is 6.26 Å². The van der Waals surface area contributed by atoms with Gasteiger partial charge in [-0.3, -0.25) is 0 Å². The largest absolute Gasteiger partial charge is 0.381 e. The van der Waals surface area contributed by atoms with Gasteiger partial charge in [-0.25, -0.2) is 8.42 Å². The second-order valence-electron chi connectivity index (χ2n) is 4.56. The van der Waals surface area contributed by atoms with E-state index in [1.807, 2.05) is 18.2 Å². The van der Waals surface area contributed by atoms with Crippen molar-refractivity contribution in [1.29, 1.82) is 0 Å². The average Bonchev–Trinajstić information content (AvgIpc) is 2.65. The van der Waals surface area contributed by atoms with Crippen LogP contribution in [0.5, 0.6) is 0 Å². The fourth-order valence-electron chi connectivity index (χ4n) is 2.40. The molecule has 1 N–H and O–H groups in total. The van der Waals surface area contributed by atoms with Gasteiger partial charge in [-0.2, -0.15) is 0 Å². The van der Waals surface area contributed by atoms with Crippen LogP contribution in [0.1, 0.15) is 19.3 Å². The van der Waals surface area contributed by atoms with Gasteiger partial charge in [0.25, 0.3) is 0 Å². The summed E-state index contributed by atoms with van der Waals surface area (Å²) in [5.41, 5.74) is 0.887. The van der Waals surface area contributed by atoms with Gasteiger partial charge in [0, 0.05) is 23.0 Å². The van der Waals surface area contributed by atoms with E-state index in [2.05, 4.69) is 5.32 Å². The lowest BCUT2D eigenvalue weighted by Crippen LogP contribution is -2.34. The van der Waals surface area contributed by atoms with Crippen molar-refractivity contribution in [3.05, 3.63) is 29.3 Å². The molecule has 0 radical (unpaired) electrons. The molecule has 1 aromatic carbocycles. The molecule has 0 aromatic heterocycles. The Morgan fingerprint density at radius 3 is 2.76 bits per heavy atom. The quantitative estimate of drug-likeness (QED) is 0.921. The first-order valence-electron chi connectivity index (χ1n) is 5.68. The predicted molar refractivity (Wildman–Crippen MR) is 71.3 cm³/mol. The van der Waals surface area contributed by atoms with Crippen molar-refractivity contribution in [1.82, 2.24) is 0 Å².